The number of ether oxygens (including phenoxy) is 1. The highest BCUT2D eigenvalue weighted by molar-refractivity contribution is 4.93. The fourth-order valence-corrected chi connectivity index (χ4v) is 3.51. The molecule has 3 N–H and O–H groups in total. The highest BCUT2D eigenvalue weighted by Gasteiger charge is 2.42. The molecule has 0 radical (unpaired) electrons. The smallest absolute Gasteiger partial charge is 0.0687 e. The Balaban J connectivity index is 1.85. The average Bonchev–Trinajstić information content (AvgIpc) is 2.61. The molecule has 1 aliphatic carbocycles. The molecule has 3 nitrogen and oxygen atoms in total. The van der Waals surface area contributed by atoms with Crippen LogP contribution in [0, 0.1) is 0 Å². The predicted molar refractivity (Wildman–Crippen MR) is 68.8 cm³/mol. The Morgan fingerprint density at radius 3 is 2.65 bits per heavy atom. The molecule has 1 heterocycles. The maximum absolute atomic E-state index is 10.2. The van der Waals surface area contributed by atoms with E-state index >= 15 is 0 Å². The van der Waals surface area contributed by atoms with Crippen molar-refractivity contribution in [3.05, 3.63) is 0 Å². The van der Waals surface area contributed by atoms with Crippen LogP contribution in [0.2, 0.25) is 0 Å². The molecule has 1 saturated carbocycles. The van der Waals surface area contributed by atoms with Gasteiger partial charge in [-0.1, -0.05) is 19.3 Å². The van der Waals surface area contributed by atoms with Crippen LogP contribution < -0.4 is 5.73 Å². The first-order chi connectivity index (χ1) is 8.05. The van der Waals surface area contributed by atoms with Crippen molar-refractivity contribution in [3.63, 3.8) is 0 Å². The lowest BCUT2D eigenvalue weighted by molar-refractivity contribution is -0.0903. The van der Waals surface area contributed by atoms with E-state index in [9.17, 15) is 5.11 Å². The van der Waals surface area contributed by atoms with Gasteiger partial charge in [0.15, 0.2) is 0 Å². The van der Waals surface area contributed by atoms with Crippen molar-refractivity contribution in [3.8, 4) is 0 Å². The van der Waals surface area contributed by atoms with Gasteiger partial charge in [-0.25, -0.2) is 0 Å². The Hall–Kier alpha value is -0.120. The summed E-state index contributed by atoms with van der Waals surface area (Å²) in [5, 5.41) is 10.2. The standard InChI is InChI=1S/C14H27NO2/c1-13(16,9-10-15)11-12-5-8-14(17-12)6-3-2-4-7-14/h12,16H,2-11,15H2,1H3. The van der Waals surface area contributed by atoms with E-state index in [4.69, 9.17) is 10.5 Å². The second-order valence-corrected chi connectivity index (χ2v) is 6.26. The monoisotopic (exact) mass is 241 g/mol. The van der Waals surface area contributed by atoms with E-state index in [0.29, 0.717) is 13.0 Å². The van der Waals surface area contributed by atoms with Crippen LogP contribution in [-0.4, -0.2) is 29.0 Å². The zero-order valence-electron chi connectivity index (χ0n) is 11.1. The third-order valence-corrected chi connectivity index (χ3v) is 4.45. The lowest BCUT2D eigenvalue weighted by Gasteiger charge is -2.34. The lowest BCUT2D eigenvalue weighted by Crippen LogP contribution is -2.35. The number of aliphatic hydroxyl groups is 1. The Labute approximate surface area is 105 Å². The zero-order chi connectivity index (χ0) is 12.4. The van der Waals surface area contributed by atoms with E-state index in [1.54, 1.807) is 0 Å². The summed E-state index contributed by atoms with van der Waals surface area (Å²) < 4.78 is 6.27. The first-order valence-corrected chi connectivity index (χ1v) is 7.16. The second-order valence-electron chi connectivity index (χ2n) is 6.26. The Morgan fingerprint density at radius 1 is 1.29 bits per heavy atom. The van der Waals surface area contributed by atoms with E-state index < -0.39 is 5.60 Å². The van der Waals surface area contributed by atoms with E-state index in [1.165, 1.54) is 38.5 Å². The van der Waals surface area contributed by atoms with Gasteiger partial charge >= 0.3 is 0 Å². The third kappa shape index (κ3) is 3.43. The third-order valence-electron chi connectivity index (χ3n) is 4.45. The Bertz CT molecular complexity index is 247. The van der Waals surface area contributed by atoms with Crippen LogP contribution in [0.25, 0.3) is 0 Å². The minimum Gasteiger partial charge on any atom is -0.390 e. The van der Waals surface area contributed by atoms with Crippen molar-refractivity contribution in [1.29, 1.82) is 0 Å². The molecule has 2 fully saturated rings. The molecular weight excluding hydrogens is 214 g/mol. The molecule has 2 rings (SSSR count). The maximum Gasteiger partial charge on any atom is 0.0687 e. The first kappa shape index (κ1) is 13.3. The number of rotatable bonds is 4. The summed E-state index contributed by atoms with van der Waals surface area (Å²) in [5.74, 6) is 0. The summed E-state index contributed by atoms with van der Waals surface area (Å²) in [6.45, 7) is 2.43. The Kier molecular flexibility index (Phi) is 4.11. The summed E-state index contributed by atoms with van der Waals surface area (Å²) in [4.78, 5) is 0. The molecule has 0 aromatic rings. The van der Waals surface area contributed by atoms with Crippen molar-refractivity contribution >= 4 is 0 Å². The SMILES string of the molecule is CC(O)(CCN)CC1CCC2(CCCCC2)O1. The van der Waals surface area contributed by atoms with Crippen LogP contribution >= 0.6 is 0 Å². The molecule has 1 spiro atoms. The minimum absolute atomic E-state index is 0.168. The van der Waals surface area contributed by atoms with E-state index in [-0.39, 0.29) is 11.7 Å². The Morgan fingerprint density at radius 2 is 2.00 bits per heavy atom. The first-order valence-electron chi connectivity index (χ1n) is 7.16. The van der Waals surface area contributed by atoms with Gasteiger partial charge in [-0.05, 0) is 45.6 Å². The van der Waals surface area contributed by atoms with Crippen molar-refractivity contribution < 1.29 is 9.84 Å². The highest BCUT2D eigenvalue weighted by atomic mass is 16.5. The summed E-state index contributed by atoms with van der Waals surface area (Å²) in [5.41, 5.74) is 5.04. The summed E-state index contributed by atoms with van der Waals surface area (Å²) in [6.07, 6.45) is 10.4. The highest BCUT2D eigenvalue weighted by Crippen LogP contribution is 2.43. The van der Waals surface area contributed by atoms with Crippen LogP contribution in [0.3, 0.4) is 0 Å². The molecule has 2 aliphatic rings. The van der Waals surface area contributed by atoms with Gasteiger partial charge < -0.3 is 15.6 Å². The van der Waals surface area contributed by atoms with Gasteiger partial charge in [0.25, 0.3) is 0 Å². The van der Waals surface area contributed by atoms with Crippen LogP contribution in [0.1, 0.15) is 64.7 Å². The summed E-state index contributed by atoms with van der Waals surface area (Å²) >= 11 is 0. The van der Waals surface area contributed by atoms with Gasteiger partial charge in [-0.15, -0.1) is 0 Å². The molecule has 2 unspecified atom stereocenters. The molecule has 3 heteroatoms. The molecule has 1 saturated heterocycles. The van der Waals surface area contributed by atoms with Gasteiger partial charge in [0, 0.05) is 6.42 Å². The van der Waals surface area contributed by atoms with Crippen LogP contribution in [0.15, 0.2) is 0 Å². The van der Waals surface area contributed by atoms with E-state index in [1.807, 2.05) is 6.92 Å². The van der Waals surface area contributed by atoms with Crippen molar-refractivity contribution in [2.24, 2.45) is 5.73 Å². The number of hydrogen-bond donors (Lipinski definition) is 2. The van der Waals surface area contributed by atoms with Gasteiger partial charge in [-0.2, -0.15) is 0 Å². The van der Waals surface area contributed by atoms with E-state index in [2.05, 4.69) is 0 Å². The minimum atomic E-state index is -0.653. The van der Waals surface area contributed by atoms with Gasteiger partial charge in [0.05, 0.1) is 17.3 Å². The molecule has 0 bridgehead atoms. The quantitative estimate of drug-likeness (QED) is 0.794. The number of hydrogen-bond acceptors (Lipinski definition) is 3. The molecular formula is C14H27NO2. The van der Waals surface area contributed by atoms with Crippen molar-refractivity contribution in [1.82, 2.24) is 0 Å². The van der Waals surface area contributed by atoms with Crippen LogP contribution in [-0.2, 0) is 4.74 Å². The second kappa shape index (κ2) is 5.25. The molecule has 1 aliphatic heterocycles. The fourth-order valence-electron chi connectivity index (χ4n) is 3.51. The fraction of sp³-hybridized carbons (Fsp3) is 1.00. The van der Waals surface area contributed by atoms with Crippen LogP contribution in [0.5, 0.6) is 0 Å². The van der Waals surface area contributed by atoms with Gasteiger partial charge in [-0.3, -0.25) is 0 Å². The largest absolute Gasteiger partial charge is 0.390 e. The number of nitrogens with two attached hydrogens (primary N) is 1. The van der Waals surface area contributed by atoms with Crippen LogP contribution in [0.4, 0.5) is 0 Å². The topological polar surface area (TPSA) is 55.5 Å². The molecule has 17 heavy (non-hydrogen) atoms. The van der Waals surface area contributed by atoms with E-state index in [0.717, 1.165) is 12.8 Å². The molecule has 2 atom stereocenters. The lowest BCUT2D eigenvalue weighted by atomic mass is 9.83. The molecule has 0 aromatic carbocycles. The maximum atomic E-state index is 10.2. The van der Waals surface area contributed by atoms with Crippen molar-refractivity contribution in [2.75, 3.05) is 6.54 Å². The average molecular weight is 241 g/mol. The van der Waals surface area contributed by atoms with Gasteiger partial charge in [0.1, 0.15) is 0 Å². The van der Waals surface area contributed by atoms with Crippen molar-refractivity contribution in [2.45, 2.75) is 82.0 Å². The normalized spacial score (nSPS) is 31.6. The molecule has 0 aromatic heterocycles. The predicted octanol–water partition coefficient (Wildman–Crippen LogP) is 2.36. The zero-order valence-corrected chi connectivity index (χ0v) is 11.1. The molecule has 0 amide bonds. The summed E-state index contributed by atoms with van der Waals surface area (Å²) in [7, 11) is 0. The summed E-state index contributed by atoms with van der Waals surface area (Å²) in [6, 6.07) is 0. The molecule has 100 valence electrons. The van der Waals surface area contributed by atoms with Gasteiger partial charge in [0.2, 0.25) is 0 Å².